The number of pyridine rings is 1. The van der Waals surface area contributed by atoms with Crippen LogP contribution >= 0.6 is 11.6 Å². The van der Waals surface area contributed by atoms with Gasteiger partial charge in [-0.3, -0.25) is 9.78 Å². The molecule has 36 heavy (non-hydrogen) atoms. The molecule has 4 aromatic rings. The van der Waals surface area contributed by atoms with E-state index >= 15 is 0 Å². The average molecular weight is 496 g/mol. The van der Waals surface area contributed by atoms with Crippen LogP contribution in [0.25, 0.3) is 11.4 Å². The Bertz CT molecular complexity index is 1460. The lowest BCUT2D eigenvalue weighted by Gasteiger charge is -2.42. The van der Waals surface area contributed by atoms with E-state index in [4.69, 9.17) is 16.7 Å². The maximum Gasteiger partial charge on any atom is 0.256 e. The smallest absolute Gasteiger partial charge is 0.256 e. The van der Waals surface area contributed by atoms with Gasteiger partial charge in [0.15, 0.2) is 5.66 Å². The van der Waals surface area contributed by atoms with E-state index < -0.39 is 5.66 Å². The highest BCUT2D eigenvalue weighted by molar-refractivity contribution is 6.30. The lowest BCUT2D eigenvalue weighted by Crippen LogP contribution is -2.48. The third-order valence-corrected chi connectivity index (χ3v) is 7.49. The summed E-state index contributed by atoms with van der Waals surface area (Å²) in [6.07, 6.45) is 7.22. The number of hydrogen-bond acceptors (Lipinski definition) is 4. The van der Waals surface area contributed by atoms with Crippen molar-refractivity contribution in [3.63, 3.8) is 0 Å². The van der Waals surface area contributed by atoms with E-state index in [0.717, 1.165) is 46.6 Å². The topological polar surface area (TPSA) is 54.3 Å². The number of carbonyl (C=O) groups is 1. The highest BCUT2D eigenvalue weighted by atomic mass is 35.5. The quantitative estimate of drug-likeness (QED) is 0.353. The number of amides is 1. The summed E-state index contributed by atoms with van der Waals surface area (Å²) < 4.78 is 2.00. The number of nitrogens with zero attached hydrogens (tertiary/aromatic N) is 5. The van der Waals surface area contributed by atoms with E-state index in [0.29, 0.717) is 23.7 Å². The second-order valence-electron chi connectivity index (χ2n) is 9.16. The summed E-state index contributed by atoms with van der Waals surface area (Å²) in [6, 6.07) is 19.7. The van der Waals surface area contributed by atoms with Crippen molar-refractivity contribution in [3.8, 4) is 5.69 Å². The summed E-state index contributed by atoms with van der Waals surface area (Å²) in [5.74, 6) is 0.00594. The van der Waals surface area contributed by atoms with Crippen LogP contribution in [0.15, 0.2) is 85.8 Å². The Morgan fingerprint density at radius 1 is 1.06 bits per heavy atom. The first-order chi connectivity index (χ1) is 17.6. The van der Waals surface area contributed by atoms with E-state index in [1.807, 2.05) is 70.5 Å². The van der Waals surface area contributed by atoms with Crippen LogP contribution in [0.1, 0.15) is 46.1 Å². The lowest BCUT2D eigenvalue weighted by atomic mass is 9.90. The van der Waals surface area contributed by atoms with Crippen molar-refractivity contribution < 1.29 is 4.79 Å². The Hall–Kier alpha value is -3.90. The molecule has 1 saturated heterocycles. The van der Waals surface area contributed by atoms with Crippen LogP contribution in [0.2, 0.25) is 5.02 Å². The summed E-state index contributed by atoms with van der Waals surface area (Å²) in [6.45, 7) is 7.97. The van der Waals surface area contributed by atoms with Gasteiger partial charge in [0.25, 0.3) is 5.91 Å². The Labute approximate surface area is 215 Å². The minimum absolute atomic E-state index is 0.00594. The van der Waals surface area contributed by atoms with Gasteiger partial charge < -0.3 is 9.80 Å². The van der Waals surface area contributed by atoms with Gasteiger partial charge >= 0.3 is 0 Å². The largest absolute Gasteiger partial charge is 0.339 e. The number of rotatable bonds is 6. The molecule has 0 radical (unpaired) electrons. The number of para-hydroxylation sites is 1. The number of benzene rings is 2. The molecule has 2 aliphatic heterocycles. The lowest BCUT2D eigenvalue weighted by molar-refractivity contribution is 0.0586. The first kappa shape index (κ1) is 22.6. The maximum atomic E-state index is 13.6. The van der Waals surface area contributed by atoms with Crippen molar-refractivity contribution in [1.82, 2.24) is 24.6 Å². The fourth-order valence-corrected chi connectivity index (χ4v) is 5.85. The van der Waals surface area contributed by atoms with E-state index in [2.05, 4.69) is 35.5 Å². The Balaban J connectivity index is 1.53. The molecule has 4 heterocycles. The zero-order chi connectivity index (χ0) is 24.9. The number of fused-ring (bicyclic) bond motifs is 3. The number of aromatic nitrogens is 3. The number of hydrogen-bond donors (Lipinski definition) is 0. The Kier molecular flexibility index (Phi) is 5.41. The fourth-order valence-electron chi connectivity index (χ4n) is 5.72. The molecule has 0 bridgehead atoms. The summed E-state index contributed by atoms with van der Waals surface area (Å²) >= 11 is 6.26. The van der Waals surface area contributed by atoms with Crippen LogP contribution in [-0.2, 0) is 12.1 Å². The van der Waals surface area contributed by atoms with Crippen molar-refractivity contribution in [2.75, 3.05) is 13.1 Å². The Morgan fingerprint density at radius 3 is 2.58 bits per heavy atom. The monoisotopic (exact) mass is 495 g/mol. The standard InChI is InChI=1S/C29H26ClN5O/c1-3-7-27-25(18-32-35(27)23-8-5-4-6-9-23)20(2)33-16-17-34-28(36)24-14-15-31-19-26(24)29(33,34)21-10-12-22(30)13-11-21/h4-6,8-15,18-19H,2-3,7,16-17H2,1H3. The molecular formula is C29H26ClN5O. The molecule has 0 aliphatic carbocycles. The second kappa shape index (κ2) is 8.64. The molecule has 1 unspecified atom stereocenters. The van der Waals surface area contributed by atoms with Gasteiger partial charge in [0.05, 0.1) is 23.1 Å². The van der Waals surface area contributed by atoms with Crippen molar-refractivity contribution in [2.45, 2.75) is 25.4 Å². The molecule has 7 heteroatoms. The van der Waals surface area contributed by atoms with E-state index in [-0.39, 0.29) is 5.91 Å². The van der Waals surface area contributed by atoms with Gasteiger partial charge in [-0.25, -0.2) is 4.68 Å². The highest BCUT2D eigenvalue weighted by Gasteiger charge is 2.59. The first-order valence-electron chi connectivity index (χ1n) is 12.2. The zero-order valence-corrected chi connectivity index (χ0v) is 20.8. The SMILES string of the molecule is C=C(c1cnn(-c2ccccc2)c1CCC)N1CCN2C(=O)c3ccncc3C12c1ccc(Cl)cc1. The number of carbonyl (C=O) groups excluding carboxylic acids is 1. The van der Waals surface area contributed by atoms with Crippen LogP contribution in [0.3, 0.4) is 0 Å². The molecule has 2 aliphatic rings. The molecule has 6 rings (SSSR count). The van der Waals surface area contributed by atoms with Crippen molar-refractivity contribution in [3.05, 3.63) is 119 Å². The summed E-state index contributed by atoms with van der Waals surface area (Å²) in [7, 11) is 0. The molecule has 0 N–H and O–H groups in total. The summed E-state index contributed by atoms with van der Waals surface area (Å²) in [5, 5.41) is 5.42. The van der Waals surface area contributed by atoms with E-state index in [1.54, 1.807) is 6.20 Å². The molecule has 1 amide bonds. The molecule has 180 valence electrons. The molecule has 2 aromatic heterocycles. The van der Waals surface area contributed by atoms with Crippen LogP contribution in [0, 0.1) is 0 Å². The predicted octanol–water partition coefficient (Wildman–Crippen LogP) is 5.52. The van der Waals surface area contributed by atoms with Gasteiger partial charge in [0.2, 0.25) is 0 Å². The van der Waals surface area contributed by atoms with Gasteiger partial charge in [-0.05, 0) is 36.8 Å². The zero-order valence-electron chi connectivity index (χ0n) is 20.1. The van der Waals surface area contributed by atoms with Crippen LogP contribution in [-0.4, -0.2) is 43.6 Å². The fraction of sp³-hybridized carbons (Fsp3) is 0.207. The van der Waals surface area contributed by atoms with E-state index in [9.17, 15) is 4.79 Å². The van der Waals surface area contributed by atoms with Gasteiger partial charge in [0, 0.05) is 52.9 Å². The Morgan fingerprint density at radius 2 is 1.83 bits per heavy atom. The normalized spacial score (nSPS) is 18.4. The van der Waals surface area contributed by atoms with Crippen LogP contribution in [0.4, 0.5) is 0 Å². The van der Waals surface area contributed by atoms with Crippen molar-refractivity contribution in [1.29, 1.82) is 0 Å². The molecule has 1 fully saturated rings. The minimum atomic E-state index is -0.847. The van der Waals surface area contributed by atoms with Gasteiger partial charge in [-0.1, -0.05) is 61.9 Å². The van der Waals surface area contributed by atoms with Gasteiger partial charge in [-0.2, -0.15) is 5.10 Å². The molecule has 1 atom stereocenters. The average Bonchev–Trinajstić information content (AvgIpc) is 3.58. The van der Waals surface area contributed by atoms with Gasteiger partial charge in [0.1, 0.15) is 0 Å². The van der Waals surface area contributed by atoms with E-state index in [1.165, 1.54) is 0 Å². The third kappa shape index (κ3) is 3.14. The first-order valence-corrected chi connectivity index (χ1v) is 12.6. The molecule has 0 spiro atoms. The molecule has 0 saturated carbocycles. The molecule has 2 aromatic carbocycles. The van der Waals surface area contributed by atoms with Gasteiger partial charge in [-0.15, -0.1) is 0 Å². The summed E-state index contributed by atoms with van der Waals surface area (Å²) in [5.41, 5.74) is 5.59. The minimum Gasteiger partial charge on any atom is -0.339 e. The maximum absolute atomic E-state index is 13.6. The van der Waals surface area contributed by atoms with Crippen LogP contribution < -0.4 is 0 Å². The predicted molar refractivity (Wildman–Crippen MR) is 141 cm³/mol. The second-order valence-corrected chi connectivity index (χ2v) is 9.59. The highest BCUT2D eigenvalue weighted by Crippen LogP contribution is 2.52. The molecule has 6 nitrogen and oxygen atoms in total. The van der Waals surface area contributed by atoms with Crippen molar-refractivity contribution in [2.24, 2.45) is 0 Å². The van der Waals surface area contributed by atoms with Crippen LogP contribution in [0.5, 0.6) is 0 Å². The number of halogens is 1. The third-order valence-electron chi connectivity index (χ3n) is 7.24. The summed E-state index contributed by atoms with van der Waals surface area (Å²) in [4.78, 5) is 22.2. The van der Waals surface area contributed by atoms with Crippen molar-refractivity contribution >= 4 is 23.2 Å². The molecular weight excluding hydrogens is 470 g/mol.